The van der Waals surface area contributed by atoms with Gasteiger partial charge in [-0.1, -0.05) is 39.8 Å². The van der Waals surface area contributed by atoms with Crippen LogP contribution in [0.4, 0.5) is 0 Å². The van der Waals surface area contributed by atoms with Crippen molar-refractivity contribution in [3.63, 3.8) is 0 Å². The summed E-state index contributed by atoms with van der Waals surface area (Å²) in [4.78, 5) is 0. The predicted molar refractivity (Wildman–Crippen MR) is 128 cm³/mol. The molecule has 0 unspecified atom stereocenters. The lowest BCUT2D eigenvalue weighted by molar-refractivity contribution is 0.466. The molecule has 2 heteroatoms. The molecule has 0 atom stereocenters. The summed E-state index contributed by atoms with van der Waals surface area (Å²) in [5.41, 5.74) is 10.9. The van der Waals surface area contributed by atoms with Crippen LogP contribution in [0.2, 0.25) is 0 Å². The first-order valence-corrected chi connectivity index (χ1v) is 10.8. The summed E-state index contributed by atoms with van der Waals surface area (Å²) in [6.07, 6.45) is 0. The van der Waals surface area contributed by atoms with Crippen molar-refractivity contribution in [2.75, 3.05) is 0 Å². The van der Waals surface area contributed by atoms with Gasteiger partial charge in [-0.25, -0.2) is 0 Å². The summed E-state index contributed by atoms with van der Waals surface area (Å²) in [7, 11) is 0. The average Bonchev–Trinajstić information content (AvgIpc) is 2.68. The van der Waals surface area contributed by atoms with Gasteiger partial charge < -0.3 is 10.2 Å². The fourth-order valence-corrected chi connectivity index (χ4v) is 4.42. The lowest BCUT2D eigenvalue weighted by Crippen LogP contribution is -2.02. The SMILES string of the molecule is Cc1cc(-c2c(C(C)C)ccc(C(C)C)c2-c2cc(C)c(O)c(C)c2)cc(C)c1O. The molecule has 0 saturated heterocycles. The van der Waals surface area contributed by atoms with E-state index in [-0.39, 0.29) is 0 Å². The number of phenols is 2. The number of rotatable bonds is 4. The van der Waals surface area contributed by atoms with Crippen molar-refractivity contribution in [1.29, 1.82) is 0 Å². The zero-order chi connectivity index (χ0) is 22.3. The normalized spacial score (nSPS) is 11.5. The first kappa shape index (κ1) is 22.0. The minimum Gasteiger partial charge on any atom is -0.507 e. The van der Waals surface area contributed by atoms with E-state index in [0.29, 0.717) is 23.3 Å². The maximum atomic E-state index is 10.4. The first-order chi connectivity index (χ1) is 14.0. The van der Waals surface area contributed by atoms with Crippen LogP contribution in [0.15, 0.2) is 36.4 Å². The van der Waals surface area contributed by atoms with Gasteiger partial charge in [0.2, 0.25) is 0 Å². The largest absolute Gasteiger partial charge is 0.507 e. The third-order valence-corrected chi connectivity index (χ3v) is 6.07. The Morgan fingerprint density at radius 1 is 0.533 bits per heavy atom. The van der Waals surface area contributed by atoms with Crippen molar-refractivity contribution in [3.8, 4) is 33.8 Å². The monoisotopic (exact) mass is 402 g/mol. The standard InChI is InChI=1S/C28H34O2/c1-15(2)23-9-10-24(16(3)4)26(22-13-19(7)28(30)20(8)14-22)25(23)21-11-17(5)27(29)18(6)12-21/h9-16,29-30H,1-8H3. The molecular weight excluding hydrogens is 368 g/mol. The van der Waals surface area contributed by atoms with Gasteiger partial charge in [0.1, 0.15) is 11.5 Å². The van der Waals surface area contributed by atoms with Gasteiger partial charge in [0.25, 0.3) is 0 Å². The smallest absolute Gasteiger partial charge is 0.121 e. The number of benzene rings is 3. The van der Waals surface area contributed by atoms with Crippen molar-refractivity contribution < 1.29 is 10.2 Å². The second-order valence-corrected chi connectivity index (χ2v) is 9.22. The van der Waals surface area contributed by atoms with Gasteiger partial charge in [-0.2, -0.15) is 0 Å². The van der Waals surface area contributed by atoms with Gasteiger partial charge in [0.05, 0.1) is 0 Å². The van der Waals surface area contributed by atoms with E-state index < -0.39 is 0 Å². The fourth-order valence-electron chi connectivity index (χ4n) is 4.42. The molecule has 2 N–H and O–H groups in total. The van der Waals surface area contributed by atoms with E-state index in [0.717, 1.165) is 33.4 Å². The van der Waals surface area contributed by atoms with Gasteiger partial charge in [-0.3, -0.25) is 0 Å². The second kappa shape index (κ2) is 8.18. The van der Waals surface area contributed by atoms with Crippen LogP contribution >= 0.6 is 0 Å². The molecule has 0 bridgehead atoms. The van der Waals surface area contributed by atoms with Crippen LogP contribution in [0.5, 0.6) is 11.5 Å². The molecule has 3 rings (SSSR count). The number of aryl methyl sites for hydroxylation is 4. The predicted octanol–water partition coefficient (Wildman–Crippen LogP) is 7.91. The zero-order valence-corrected chi connectivity index (χ0v) is 19.5. The third kappa shape index (κ3) is 3.84. The zero-order valence-electron chi connectivity index (χ0n) is 19.5. The van der Waals surface area contributed by atoms with E-state index in [1.165, 1.54) is 22.3 Å². The Bertz CT molecular complexity index is 969. The molecule has 0 aromatic heterocycles. The molecule has 0 saturated carbocycles. The summed E-state index contributed by atoms with van der Waals surface area (Å²) in [6.45, 7) is 16.7. The van der Waals surface area contributed by atoms with Crippen LogP contribution < -0.4 is 0 Å². The van der Waals surface area contributed by atoms with Crippen LogP contribution in [0, 0.1) is 27.7 Å². The van der Waals surface area contributed by atoms with E-state index >= 15 is 0 Å². The highest BCUT2D eigenvalue weighted by Gasteiger charge is 2.22. The number of aromatic hydroxyl groups is 2. The lowest BCUT2D eigenvalue weighted by Gasteiger charge is -2.24. The van der Waals surface area contributed by atoms with Gasteiger partial charge in [0, 0.05) is 0 Å². The van der Waals surface area contributed by atoms with Crippen molar-refractivity contribution in [2.45, 2.75) is 67.2 Å². The fraction of sp³-hybridized carbons (Fsp3) is 0.357. The Kier molecular flexibility index (Phi) is 5.99. The van der Waals surface area contributed by atoms with Gasteiger partial charge in [-0.05, 0) is 119 Å². The van der Waals surface area contributed by atoms with Crippen molar-refractivity contribution in [1.82, 2.24) is 0 Å². The summed E-state index contributed by atoms with van der Waals surface area (Å²) >= 11 is 0. The lowest BCUT2D eigenvalue weighted by atomic mass is 9.80. The van der Waals surface area contributed by atoms with Crippen LogP contribution in [0.25, 0.3) is 22.3 Å². The Morgan fingerprint density at radius 2 is 0.800 bits per heavy atom. The van der Waals surface area contributed by atoms with Crippen LogP contribution in [0.3, 0.4) is 0 Å². The molecule has 0 aliphatic heterocycles. The molecule has 158 valence electrons. The van der Waals surface area contributed by atoms with Crippen LogP contribution in [-0.2, 0) is 0 Å². The first-order valence-electron chi connectivity index (χ1n) is 10.8. The molecule has 0 heterocycles. The van der Waals surface area contributed by atoms with Gasteiger partial charge in [0.15, 0.2) is 0 Å². The molecule has 2 nitrogen and oxygen atoms in total. The Hall–Kier alpha value is -2.74. The topological polar surface area (TPSA) is 40.5 Å². The van der Waals surface area contributed by atoms with Crippen molar-refractivity contribution in [3.05, 3.63) is 69.8 Å². The summed E-state index contributed by atoms with van der Waals surface area (Å²) in [6, 6.07) is 12.9. The summed E-state index contributed by atoms with van der Waals surface area (Å²) in [5.74, 6) is 1.44. The minimum absolute atomic E-state index is 0.355. The number of hydrogen-bond acceptors (Lipinski definition) is 2. The maximum absolute atomic E-state index is 10.4. The van der Waals surface area contributed by atoms with Crippen LogP contribution in [-0.4, -0.2) is 10.2 Å². The maximum Gasteiger partial charge on any atom is 0.121 e. The highest BCUT2D eigenvalue weighted by molar-refractivity contribution is 5.90. The van der Waals surface area contributed by atoms with E-state index in [9.17, 15) is 10.2 Å². The summed E-state index contributed by atoms with van der Waals surface area (Å²) < 4.78 is 0. The molecule has 0 aliphatic carbocycles. The Balaban J connectivity index is 2.50. The van der Waals surface area contributed by atoms with E-state index in [1.54, 1.807) is 0 Å². The Labute approximate surface area is 181 Å². The van der Waals surface area contributed by atoms with Crippen LogP contribution in [0.1, 0.15) is 72.9 Å². The molecule has 0 amide bonds. The minimum atomic E-state index is 0.355. The van der Waals surface area contributed by atoms with E-state index in [1.807, 2.05) is 27.7 Å². The molecular formula is C28H34O2. The average molecular weight is 403 g/mol. The molecule has 3 aromatic rings. The number of phenolic OH excluding ortho intramolecular Hbond substituents is 2. The van der Waals surface area contributed by atoms with Gasteiger partial charge >= 0.3 is 0 Å². The van der Waals surface area contributed by atoms with E-state index in [4.69, 9.17) is 0 Å². The van der Waals surface area contributed by atoms with Crippen molar-refractivity contribution >= 4 is 0 Å². The molecule has 3 aromatic carbocycles. The second-order valence-electron chi connectivity index (χ2n) is 9.22. The molecule has 30 heavy (non-hydrogen) atoms. The number of hydrogen-bond donors (Lipinski definition) is 2. The van der Waals surface area contributed by atoms with E-state index in [2.05, 4.69) is 64.1 Å². The van der Waals surface area contributed by atoms with Gasteiger partial charge in [-0.15, -0.1) is 0 Å². The Morgan fingerprint density at radius 3 is 1.03 bits per heavy atom. The highest BCUT2D eigenvalue weighted by Crippen LogP contribution is 2.45. The third-order valence-electron chi connectivity index (χ3n) is 6.07. The highest BCUT2D eigenvalue weighted by atomic mass is 16.3. The quantitative estimate of drug-likeness (QED) is 0.465. The summed E-state index contributed by atoms with van der Waals surface area (Å²) in [5, 5.41) is 20.7. The van der Waals surface area contributed by atoms with Crippen molar-refractivity contribution in [2.24, 2.45) is 0 Å². The molecule has 0 spiro atoms. The molecule has 0 radical (unpaired) electrons. The molecule has 0 aliphatic rings. The molecule has 0 fully saturated rings.